The first kappa shape index (κ1) is 16.9. The number of aliphatic hydroxyl groups excluding tert-OH is 1. The van der Waals surface area contributed by atoms with Crippen LogP contribution in [-0.4, -0.2) is 54.2 Å². The van der Waals surface area contributed by atoms with Crippen molar-refractivity contribution in [1.29, 1.82) is 0 Å². The van der Waals surface area contributed by atoms with Crippen molar-refractivity contribution in [1.82, 2.24) is 9.80 Å². The number of rotatable bonds is 6. The van der Waals surface area contributed by atoms with E-state index in [1.165, 1.54) is 11.1 Å². The molecule has 1 saturated heterocycles. The number of hydrogen-bond acceptors (Lipinski definition) is 3. The molecule has 0 unspecified atom stereocenters. The first-order chi connectivity index (χ1) is 11.9. The lowest BCUT2D eigenvalue weighted by Crippen LogP contribution is -2.47. The maximum absolute atomic E-state index is 8.85. The Labute approximate surface area is 144 Å². The quantitative estimate of drug-likeness (QED) is 0.829. The summed E-state index contributed by atoms with van der Waals surface area (Å²) in [5.41, 5.74) is 2.72. The van der Waals surface area contributed by atoms with E-state index in [-0.39, 0.29) is 6.61 Å². The lowest BCUT2D eigenvalue weighted by molar-refractivity contribution is 0.117. The lowest BCUT2D eigenvalue weighted by atomic mass is 9.96. The predicted octanol–water partition coefficient (Wildman–Crippen LogP) is 2.94. The van der Waals surface area contributed by atoms with Crippen molar-refractivity contribution >= 4 is 0 Å². The van der Waals surface area contributed by atoms with Gasteiger partial charge >= 0.3 is 0 Å². The molecule has 0 aromatic heterocycles. The van der Waals surface area contributed by atoms with Crippen LogP contribution in [-0.2, 0) is 0 Å². The predicted molar refractivity (Wildman–Crippen MR) is 99.0 cm³/mol. The summed E-state index contributed by atoms with van der Waals surface area (Å²) < 4.78 is 0. The Bertz CT molecular complexity index is 579. The van der Waals surface area contributed by atoms with E-state index in [1.807, 2.05) is 6.08 Å². The van der Waals surface area contributed by atoms with Gasteiger partial charge in [-0.05, 0) is 11.1 Å². The normalized spacial score (nSPS) is 16.9. The fraction of sp³-hybridized carbons (Fsp3) is 0.333. The molecule has 1 aliphatic heterocycles. The van der Waals surface area contributed by atoms with Crippen LogP contribution < -0.4 is 0 Å². The molecule has 126 valence electrons. The van der Waals surface area contributed by atoms with Gasteiger partial charge in [0, 0.05) is 32.7 Å². The zero-order chi connectivity index (χ0) is 16.6. The number of hydrogen-bond donors (Lipinski definition) is 1. The van der Waals surface area contributed by atoms with Crippen molar-refractivity contribution in [3.05, 3.63) is 83.9 Å². The molecular weight excluding hydrogens is 296 g/mol. The van der Waals surface area contributed by atoms with E-state index in [0.29, 0.717) is 6.04 Å². The van der Waals surface area contributed by atoms with Crippen LogP contribution in [0.2, 0.25) is 0 Å². The molecule has 0 bridgehead atoms. The molecule has 3 rings (SSSR count). The molecule has 24 heavy (non-hydrogen) atoms. The average molecular weight is 322 g/mol. The van der Waals surface area contributed by atoms with Crippen LogP contribution in [0.3, 0.4) is 0 Å². The van der Waals surface area contributed by atoms with E-state index >= 15 is 0 Å². The van der Waals surface area contributed by atoms with Crippen molar-refractivity contribution in [2.45, 2.75) is 6.04 Å². The third-order valence-corrected chi connectivity index (χ3v) is 4.64. The van der Waals surface area contributed by atoms with Gasteiger partial charge in [0.1, 0.15) is 0 Å². The van der Waals surface area contributed by atoms with Gasteiger partial charge in [-0.1, -0.05) is 72.8 Å². The minimum Gasteiger partial charge on any atom is -0.392 e. The average Bonchev–Trinajstić information content (AvgIpc) is 2.65. The minimum atomic E-state index is 0.129. The van der Waals surface area contributed by atoms with E-state index < -0.39 is 0 Å². The van der Waals surface area contributed by atoms with Gasteiger partial charge in [0.15, 0.2) is 0 Å². The summed E-state index contributed by atoms with van der Waals surface area (Å²) in [6, 6.07) is 21.9. The number of piperazine rings is 1. The van der Waals surface area contributed by atoms with Crippen LogP contribution in [0.5, 0.6) is 0 Å². The minimum absolute atomic E-state index is 0.129. The zero-order valence-corrected chi connectivity index (χ0v) is 14.1. The van der Waals surface area contributed by atoms with Crippen LogP contribution in [0, 0.1) is 0 Å². The van der Waals surface area contributed by atoms with Gasteiger partial charge in [-0.3, -0.25) is 9.80 Å². The maximum atomic E-state index is 8.85. The van der Waals surface area contributed by atoms with Gasteiger partial charge in [0.2, 0.25) is 0 Å². The van der Waals surface area contributed by atoms with Gasteiger partial charge in [-0.15, -0.1) is 0 Å². The molecule has 3 heteroatoms. The third kappa shape index (κ3) is 4.32. The summed E-state index contributed by atoms with van der Waals surface area (Å²) in [6.07, 6.45) is 3.88. The van der Waals surface area contributed by atoms with E-state index in [2.05, 4.69) is 76.5 Å². The Morgan fingerprint density at radius 1 is 0.792 bits per heavy atom. The molecule has 2 aromatic rings. The molecule has 2 aromatic carbocycles. The summed E-state index contributed by atoms with van der Waals surface area (Å²) >= 11 is 0. The summed E-state index contributed by atoms with van der Waals surface area (Å²) in [6.45, 7) is 5.29. The molecule has 0 spiro atoms. The Morgan fingerprint density at radius 2 is 1.33 bits per heavy atom. The molecule has 0 saturated carbocycles. The number of aliphatic hydroxyl groups is 1. The van der Waals surface area contributed by atoms with Gasteiger partial charge in [-0.25, -0.2) is 0 Å². The summed E-state index contributed by atoms with van der Waals surface area (Å²) in [4.78, 5) is 5.02. The van der Waals surface area contributed by atoms with Crippen molar-refractivity contribution < 1.29 is 5.11 Å². The Kier molecular flexibility index (Phi) is 6.19. The third-order valence-electron chi connectivity index (χ3n) is 4.64. The highest BCUT2D eigenvalue weighted by Gasteiger charge is 2.25. The smallest absolute Gasteiger partial charge is 0.0612 e. The van der Waals surface area contributed by atoms with Crippen molar-refractivity contribution in [3.8, 4) is 0 Å². The lowest BCUT2D eigenvalue weighted by Gasteiger charge is -2.39. The van der Waals surface area contributed by atoms with Crippen LogP contribution in [0.25, 0.3) is 0 Å². The van der Waals surface area contributed by atoms with E-state index in [9.17, 15) is 0 Å². The monoisotopic (exact) mass is 322 g/mol. The Hall–Kier alpha value is -1.94. The largest absolute Gasteiger partial charge is 0.392 e. The van der Waals surface area contributed by atoms with Crippen LogP contribution in [0.1, 0.15) is 17.2 Å². The Morgan fingerprint density at radius 3 is 1.83 bits per heavy atom. The molecule has 0 aliphatic carbocycles. The second kappa shape index (κ2) is 8.78. The highest BCUT2D eigenvalue weighted by molar-refractivity contribution is 5.31. The van der Waals surface area contributed by atoms with Gasteiger partial charge in [0.05, 0.1) is 12.6 Å². The SMILES string of the molecule is OCC=CCN1CCN(C(c2ccccc2)c2ccccc2)CC1. The fourth-order valence-corrected chi connectivity index (χ4v) is 3.39. The molecule has 1 aliphatic rings. The summed E-state index contributed by atoms with van der Waals surface area (Å²) in [5.74, 6) is 0. The Balaban J connectivity index is 1.73. The molecule has 0 amide bonds. The second-order valence-electron chi connectivity index (χ2n) is 6.21. The van der Waals surface area contributed by atoms with Crippen molar-refractivity contribution in [3.63, 3.8) is 0 Å². The molecular formula is C21H26N2O. The standard InChI is InChI=1S/C21H26N2O/c24-18-8-7-13-22-14-16-23(17-15-22)21(19-9-3-1-4-10-19)20-11-5-2-6-12-20/h1-12,21,24H,13-18H2. The number of benzene rings is 2. The number of nitrogens with zero attached hydrogens (tertiary/aromatic N) is 2. The summed E-state index contributed by atoms with van der Waals surface area (Å²) in [5, 5.41) is 8.85. The van der Waals surface area contributed by atoms with E-state index in [1.54, 1.807) is 0 Å². The molecule has 1 fully saturated rings. The van der Waals surface area contributed by atoms with Gasteiger partial charge < -0.3 is 5.11 Å². The summed E-state index contributed by atoms with van der Waals surface area (Å²) in [7, 11) is 0. The van der Waals surface area contributed by atoms with Crippen LogP contribution >= 0.6 is 0 Å². The van der Waals surface area contributed by atoms with E-state index in [4.69, 9.17) is 5.11 Å². The molecule has 1 heterocycles. The molecule has 3 nitrogen and oxygen atoms in total. The second-order valence-corrected chi connectivity index (χ2v) is 6.21. The van der Waals surface area contributed by atoms with Crippen LogP contribution in [0.4, 0.5) is 0 Å². The van der Waals surface area contributed by atoms with Gasteiger partial charge in [0.25, 0.3) is 0 Å². The fourth-order valence-electron chi connectivity index (χ4n) is 3.39. The topological polar surface area (TPSA) is 26.7 Å². The van der Waals surface area contributed by atoms with Gasteiger partial charge in [-0.2, -0.15) is 0 Å². The van der Waals surface area contributed by atoms with Crippen molar-refractivity contribution in [2.24, 2.45) is 0 Å². The highest BCUT2D eigenvalue weighted by Crippen LogP contribution is 2.29. The molecule has 0 radical (unpaired) electrons. The molecule has 1 N–H and O–H groups in total. The zero-order valence-electron chi connectivity index (χ0n) is 14.1. The molecule has 0 atom stereocenters. The van der Waals surface area contributed by atoms with E-state index in [0.717, 1.165) is 32.7 Å². The van der Waals surface area contributed by atoms with Crippen molar-refractivity contribution in [2.75, 3.05) is 39.3 Å². The first-order valence-corrected chi connectivity index (χ1v) is 8.70. The van der Waals surface area contributed by atoms with Crippen LogP contribution in [0.15, 0.2) is 72.8 Å². The highest BCUT2D eigenvalue weighted by atomic mass is 16.2. The maximum Gasteiger partial charge on any atom is 0.0612 e. The first-order valence-electron chi connectivity index (χ1n) is 8.70.